The van der Waals surface area contributed by atoms with E-state index in [-0.39, 0.29) is 10.6 Å². The van der Waals surface area contributed by atoms with Gasteiger partial charge >= 0.3 is 5.97 Å². The van der Waals surface area contributed by atoms with Crippen LogP contribution in [-0.4, -0.2) is 25.4 Å². The van der Waals surface area contributed by atoms with Gasteiger partial charge in [-0.25, -0.2) is 9.18 Å². The zero-order valence-corrected chi connectivity index (χ0v) is 17.0. The van der Waals surface area contributed by atoms with Crippen LogP contribution in [0.15, 0.2) is 64.8 Å². The molecule has 0 aliphatic rings. The summed E-state index contributed by atoms with van der Waals surface area (Å²) in [6.07, 6.45) is 6.32. The molecule has 0 unspecified atom stereocenters. The summed E-state index contributed by atoms with van der Waals surface area (Å²) in [5.41, 5.74) is 1.30. The van der Waals surface area contributed by atoms with Crippen LogP contribution in [0.1, 0.15) is 23.7 Å². The fourth-order valence-electron chi connectivity index (χ4n) is 3.16. The monoisotopic (exact) mass is 429 g/mol. The summed E-state index contributed by atoms with van der Waals surface area (Å²) in [4.78, 5) is 12.8. The van der Waals surface area contributed by atoms with Crippen molar-refractivity contribution in [2.75, 3.05) is 0 Å². The smallest absolute Gasteiger partial charge is 0.335 e. The second-order valence-electron chi connectivity index (χ2n) is 6.52. The Kier molecular flexibility index (Phi) is 5.34. The van der Waals surface area contributed by atoms with E-state index >= 15 is 0 Å². The Hall–Kier alpha value is -2.77. The molecule has 2 aromatic heterocycles. The molecule has 0 saturated carbocycles. The number of fused-ring (bicyclic) bond motifs is 1. The van der Waals surface area contributed by atoms with Gasteiger partial charge in [0.15, 0.2) is 5.82 Å². The first kappa shape index (κ1) is 19.5. The molecule has 0 radical (unpaired) electrons. The van der Waals surface area contributed by atoms with Crippen LogP contribution in [0.25, 0.3) is 16.6 Å². The van der Waals surface area contributed by atoms with Gasteiger partial charge in [-0.3, -0.25) is 4.68 Å². The molecule has 29 heavy (non-hydrogen) atoms. The fraction of sp³-hybridized carbons (Fsp3) is 0.143. The standard InChI is InChI=1S/C21H17ClFN3O2S/c1-2-8-25-11-14(10-24-25)26-12-18(16-6-7-17(22)19(23)20(16)26)29-15-5-3-4-13(9-15)21(27)28/h3-7,9-12H,2,8H2,1H3,(H,27,28). The summed E-state index contributed by atoms with van der Waals surface area (Å²) in [5.74, 6) is -1.49. The Bertz CT molecular complexity index is 1220. The third-order valence-corrected chi connectivity index (χ3v) is 5.81. The molecule has 4 aromatic rings. The van der Waals surface area contributed by atoms with E-state index in [1.165, 1.54) is 23.9 Å². The summed E-state index contributed by atoms with van der Waals surface area (Å²) >= 11 is 7.42. The van der Waals surface area contributed by atoms with Gasteiger partial charge in [-0.15, -0.1) is 0 Å². The van der Waals surface area contributed by atoms with Gasteiger partial charge < -0.3 is 9.67 Å². The van der Waals surface area contributed by atoms with Crippen LogP contribution in [-0.2, 0) is 6.54 Å². The molecule has 0 bridgehead atoms. The number of carbonyl (C=O) groups is 1. The van der Waals surface area contributed by atoms with E-state index < -0.39 is 11.8 Å². The Morgan fingerprint density at radius 2 is 2.10 bits per heavy atom. The molecule has 0 atom stereocenters. The molecule has 148 valence electrons. The number of hydrogen-bond donors (Lipinski definition) is 1. The number of benzene rings is 2. The van der Waals surface area contributed by atoms with Crippen LogP contribution in [0.4, 0.5) is 4.39 Å². The van der Waals surface area contributed by atoms with Gasteiger partial charge in [0.1, 0.15) is 0 Å². The van der Waals surface area contributed by atoms with E-state index in [1.807, 2.05) is 23.1 Å². The molecule has 0 fully saturated rings. The molecule has 0 spiro atoms. The number of rotatable bonds is 6. The second-order valence-corrected chi connectivity index (χ2v) is 8.04. The minimum absolute atomic E-state index is 0.0437. The molecule has 0 aliphatic carbocycles. The Morgan fingerprint density at radius 3 is 2.86 bits per heavy atom. The molecule has 1 N–H and O–H groups in total. The van der Waals surface area contributed by atoms with Gasteiger partial charge in [-0.05, 0) is 36.8 Å². The maximum absolute atomic E-state index is 15.0. The number of hydrogen-bond acceptors (Lipinski definition) is 3. The van der Waals surface area contributed by atoms with Crippen molar-refractivity contribution in [3.05, 3.63) is 71.4 Å². The molecule has 0 saturated heterocycles. The lowest BCUT2D eigenvalue weighted by atomic mass is 10.2. The van der Waals surface area contributed by atoms with Gasteiger partial charge in [0, 0.05) is 34.1 Å². The molecule has 8 heteroatoms. The van der Waals surface area contributed by atoms with Gasteiger partial charge in [-0.1, -0.05) is 36.4 Å². The minimum Gasteiger partial charge on any atom is -0.478 e. The molecule has 0 amide bonds. The number of nitrogens with zero attached hydrogens (tertiary/aromatic N) is 3. The van der Waals surface area contributed by atoms with Crippen molar-refractivity contribution in [2.24, 2.45) is 0 Å². The topological polar surface area (TPSA) is 60.0 Å². The highest BCUT2D eigenvalue weighted by atomic mass is 35.5. The highest BCUT2D eigenvalue weighted by molar-refractivity contribution is 7.99. The third kappa shape index (κ3) is 3.75. The number of halogens is 2. The predicted octanol–water partition coefficient (Wildman–Crippen LogP) is 5.88. The third-order valence-electron chi connectivity index (χ3n) is 4.48. The number of aromatic carboxylic acids is 1. The van der Waals surface area contributed by atoms with Gasteiger partial charge in [-0.2, -0.15) is 5.10 Å². The van der Waals surface area contributed by atoms with Crippen LogP contribution in [0.3, 0.4) is 0 Å². The maximum atomic E-state index is 15.0. The first-order chi connectivity index (χ1) is 14.0. The highest BCUT2D eigenvalue weighted by Gasteiger charge is 2.18. The maximum Gasteiger partial charge on any atom is 0.335 e. The first-order valence-corrected chi connectivity index (χ1v) is 10.2. The van der Waals surface area contributed by atoms with E-state index in [0.29, 0.717) is 10.9 Å². The zero-order chi connectivity index (χ0) is 20.5. The number of carboxylic acids is 1. The number of aryl methyl sites for hydroxylation is 1. The van der Waals surface area contributed by atoms with Crippen LogP contribution in [0, 0.1) is 5.82 Å². The van der Waals surface area contributed by atoms with Crippen LogP contribution >= 0.6 is 23.4 Å². The molecule has 2 aromatic carbocycles. The zero-order valence-electron chi connectivity index (χ0n) is 15.5. The molecular formula is C21H17ClFN3O2S. The Labute approximate surface area is 175 Å². The number of carboxylic acid groups (broad SMARTS) is 1. The van der Waals surface area contributed by atoms with Crippen molar-refractivity contribution in [3.63, 3.8) is 0 Å². The average Bonchev–Trinajstić information content (AvgIpc) is 3.30. The van der Waals surface area contributed by atoms with Crippen molar-refractivity contribution in [1.82, 2.24) is 14.3 Å². The van der Waals surface area contributed by atoms with E-state index in [9.17, 15) is 14.3 Å². The van der Waals surface area contributed by atoms with Gasteiger partial charge in [0.25, 0.3) is 0 Å². The van der Waals surface area contributed by atoms with Gasteiger partial charge in [0.05, 0.1) is 28.0 Å². The lowest BCUT2D eigenvalue weighted by Gasteiger charge is -2.04. The number of aromatic nitrogens is 3. The molecular weight excluding hydrogens is 413 g/mol. The molecule has 4 rings (SSSR count). The van der Waals surface area contributed by atoms with E-state index in [2.05, 4.69) is 12.0 Å². The first-order valence-electron chi connectivity index (χ1n) is 9.01. The minimum atomic E-state index is -0.990. The SMILES string of the molecule is CCCn1cc(-n2cc(Sc3cccc(C(=O)O)c3)c3ccc(Cl)c(F)c32)cn1. The van der Waals surface area contributed by atoms with Gasteiger partial charge in [0.2, 0.25) is 0 Å². The van der Waals surface area contributed by atoms with Crippen LogP contribution in [0.5, 0.6) is 0 Å². The van der Waals surface area contributed by atoms with Crippen LogP contribution in [0.2, 0.25) is 5.02 Å². The summed E-state index contributed by atoms with van der Waals surface area (Å²) in [6.45, 7) is 2.83. The van der Waals surface area contributed by atoms with Crippen LogP contribution < -0.4 is 0 Å². The summed E-state index contributed by atoms with van der Waals surface area (Å²) < 4.78 is 18.5. The lowest BCUT2D eigenvalue weighted by molar-refractivity contribution is 0.0696. The summed E-state index contributed by atoms with van der Waals surface area (Å²) in [6, 6.07) is 9.96. The molecule has 5 nitrogen and oxygen atoms in total. The van der Waals surface area contributed by atoms with E-state index in [4.69, 9.17) is 11.6 Å². The summed E-state index contributed by atoms with van der Waals surface area (Å²) in [5, 5.41) is 14.3. The highest BCUT2D eigenvalue weighted by Crippen LogP contribution is 2.39. The van der Waals surface area contributed by atoms with Crippen molar-refractivity contribution < 1.29 is 14.3 Å². The largest absolute Gasteiger partial charge is 0.478 e. The quantitative estimate of drug-likeness (QED) is 0.416. The Morgan fingerprint density at radius 1 is 1.28 bits per heavy atom. The normalized spacial score (nSPS) is 11.3. The predicted molar refractivity (Wildman–Crippen MR) is 112 cm³/mol. The average molecular weight is 430 g/mol. The summed E-state index contributed by atoms with van der Waals surface area (Å²) in [7, 11) is 0. The van der Waals surface area contributed by atoms with E-state index in [1.54, 1.807) is 29.0 Å². The lowest BCUT2D eigenvalue weighted by Crippen LogP contribution is -1.96. The van der Waals surface area contributed by atoms with Crippen molar-refractivity contribution in [3.8, 4) is 5.69 Å². The van der Waals surface area contributed by atoms with Crippen molar-refractivity contribution in [2.45, 2.75) is 29.7 Å². The molecule has 2 heterocycles. The van der Waals surface area contributed by atoms with Crippen molar-refractivity contribution in [1.29, 1.82) is 0 Å². The second kappa shape index (κ2) is 7.93. The molecule has 0 aliphatic heterocycles. The Balaban J connectivity index is 1.84. The van der Waals surface area contributed by atoms with Crippen molar-refractivity contribution >= 4 is 40.2 Å². The fourth-order valence-corrected chi connectivity index (χ4v) is 4.33. The van der Waals surface area contributed by atoms with E-state index in [0.717, 1.165) is 28.4 Å².